The fourth-order valence-corrected chi connectivity index (χ4v) is 1.34. The van der Waals surface area contributed by atoms with E-state index in [2.05, 4.69) is 21.2 Å². The Kier molecular flexibility index (Phi) is 5.12. The number of methoxy groups -OCH3 is 1. The Balaban J connectivity index is 2.06. The first-order valence-electron chi connectivity index (χ1n) is 4.27. The summed E-state index contributed by atoms with van der Waals surface area (Å²) in [6.45, 7) is 2.52. The van der Waals surface area contributed by atoms with Gasteiger partial charge >= 0.3 is 0 Å². The lowest BCUT2D eigenvalue weighted by atomic mass is 10.4. The lowest BCUT2D eigenvalue weighted by Crippen LogP contribution is -2.15. The molecule has 0 spiro atoms. The molecule has 0 aliphatic carbocycles. The molecule has 0 aliphatic heterocycles. The van der Waals surface area contributed by atoms with Crippen molar-refractivity contribution in [2.75, 3.05) is 20.3 Å². The minimum absolute atomic E-state index is 0.773. The van der Waals surface area contributed by atoms with Crippen LogP contribution in [0.4, 0.5) is 0 Å². The predicted molar refractivity (Wildman–Crippen MR) is 54.6 cm³/mol. The van der Waals surface area contributed by atoms with E-state index in [9.17, 15) is 0 Å². The zero-order valence-corrected chi connectivity index (χ0v) is 9.26. The van der Waals surface area contributed by atoms with Crippen LogP contribution in [0, 0.1) is 0 Å². The minimum atomic E-state index is 0.773. The standard InChI is InChI=1S/C9H14BrNO2/c1-12-6-2-5-11-7-8-3-4-9(10)13-8/h3-4,11H,2,5-7H2,1H3. The van der Waals surface area contributed by atoms with Crippen LogP contribution in [-0.4, -0.2) is 20.3 Å². The van der Waals surface area contributed by atoms with Crippen LogP contribution in [0.5, 0.6) is 0 Å². The van der Waals surface area contributed by atoms with E-state index in [1.165, 1.54) is 0 Å². The topological polar surface area (TPSA) is 34.4 Å². The molecule has 4 heteroatoms. The van der Waals surface area contributed by atoms with Crippen molar-refractivity contribution in [1.29, 1.82) is 0 Å². The molecular formula is C9H14BrNO2. The molecule has 0 unspecified atom stereocenters. The molecule has 0 aliphatic rings. The Hall–Kier alpha value is -0.320. The normalized spacial score (nSPS) is 10.6. The summed E-state index contributed by atoms with van der Waals surface area (Å²) in [5.41, 5.74) is 0. The molecule has 1 N–H and O–H groups in total. The lowest BCUT2D eigenvalue weighted by molar-refractivity contribution is 0.194. The van der Waals surface area contributed by atoms with E-state index in [1.54, 1.807) is 7.11 Å². The van der Waals surface area contributed by atoms with Gasteiger partial charge < -0.3 is 14.5 Å². The SMILES string of the molecule is COCCCNCc1ccc(Br)o1. The summed E-state index contributed by atoms with van der Waals surface area (Å²) in [6, 6.07) is 3.85. The zero-order valence-electron chi connectivity index (χ0n) is 7.68. The molecule has 0 aromatic carbocycles. The number of halogens is 1. The first kappa shape index (κ1) is 10.8. The summed E-state index contributed by atoms with van der Waals surface area (Å²) < 4.78 is 11.0. The van der Waals surface area contributed by atoms with Crippen LogP contribution in [0.2, 0.25) is 0 Å². The summed E-state index contributed by atoms with van der Waals surface area (Å²) in [5.74, 6) is 0.948. The van der Waals surface area contributed by atoms with Crippen LogP contribution in [0.3, 0.4) is 0 Å². The molecule has 0 saturated heterocycles. The molecular weight excluding hydrogens is 234 g/mol. The highest BCUT2D eigenvalue weighted by atomic mass is 79.9. The average Bonchev–Trinajstić information content (AvgIpc) is 2.51. The van der Waals surface area contributed by atoms with Gasteiger partial charge in [0.1, 0.15) is 5.76 Å². The summed E-state index contributed by atoms with van der Waals surface area (Å²) in [6.07, 6.45) is 1.03. The third-order valence-electron chi connectivity index (χ3n) is 1.63. The number of hydrogen-bond donors (Lipinski definition) is 1. The van der Waals surface area contributed by atoms with Crippen LogP contribution in [-0.2, 0) is 11.3 Å². The van der Waals surface area contributed by atoms with Gasteiger partial charge in [0.2, 0.25) is 0 Å². The number of hydrogen-bond acceptors (Lipinski definition) is 3. The van der Waals surface area contributed by atoms with Crippen molar-refractivity contribution in [3.63, 3.8) is 0 Å². The molecule has 74 valence electrons. The van der Waals surface area contributed by atoms with Crippen molar-refractivity contribution in [1.82, 2.24) is 5.32 Å². The second kappa shape index (κ2) is 6.18. The Bertz CT molecular complexity index is 237. The van der Waals surface area contributed by atoms with Crippen molar-refractivity contribution in [2.45, 2.75) is 13.0 Å². The van der Waals surface area contributed by atoms with Crippen LogP contribution < -0.4 is 5.32 Å². The molecule has 0 saturated carbocycles. The molecule has 13 heavy (non-hydrogen) atoms. The molecule has 0 atom stereocenters. The molecule has 1 aromatic rings. The fourth-order valence-electron chi connectivity index (χ4n) is 1.000. The Morgan fingerprint density at radius 2 is 2.38 bits per heavy atom. The largest absolute Gasteiger partial charge is 0.453 e. The maximum atomic E-state index is 5.31. The van der Waals surface area contributed by atoms with E-state index in [0.717, 1.165) is 36.5 Å². The van der Waals surface area contributed by atoms with Gasteiger partial charge in [-0.1, -0.05) is 0 Å². The fraction of sp³-hybridized carbons (Fsp3) is 0.556. The van der Waals surface area contributed by atoms with Gasteiger partial charge in [0.05, 0.1) is 6.54 Å². The molecule has 0 amide bonds. The van der Waals surface area contributed by atoms with E-state index in [0.29, 0.717) is 0 Å². The Labute approximate surface area is 86.6 Å². The average molecular weight is 248 g/mol. The van der Waals surface area contributed by atoms with E-state index in [-0.39, 0.29) is 0 Å². The molecule has 1 aromatic heterocycles. The zero-order chi connectivity index (χ0) is 9.52. The number of rotatable bonds is 6. The van der Waals surface area contributed by atoms with Gasteiger partial charge in [-0.3, -0.25) is 0 Å². The summed E-state index contributed by atoms with van der Waals surface area (Å²) in [5, 5.41) is 3.26. The van der Waals surface area contributed by atoms with Crippen molar-refractivity contribution in [2.24, 2.45) is 0 Å². The molecule has 3 nitrogen and oxygen atoms in total. The van der Waals surface area contributed by atoms with Gasteiger partial charge in [-0.05, 0) is 41.0 Å². The van der Waals surface area contributed by atoms with Crippen LogP contribution in [0.1, 0.15) is 12.2 Å². The maximum Gasteiger partial charge on any atom is 0.169 e. The van der Waals surface area contributed by atoms with Crippen molar-refractivity contribution >= 4 is 15.9 Å². The highest BCUT2D eigenvalue weighted by molar-refractivity contribution is 9.10. The van der Waals surface area contributed by atoms with Gasteiger partial charge in [-0.15, -0.1) is 0 Å². The molecule has 1 heterocycles. The minimum Gasteiger partial charge on any atom is -0.453 e. The van der Waals surface area contributed by atoms with Gasteiger partial charge in [-0.2, -0.15) is 0 Å². The first-order valence-corrected chi connectivity index (χ1v) is 5.06. The van der Waals surface area contributed by atoms with E-state index in [1.807, 2.05) is 12.1 Å². The molecule has 1 rings (SSSR count). The number of nitrogens with one attached hydrogen (secondary N) is 1. The molecule has 0 bridgehead atoms. The van der Waals surface area contributed by atoms with Crippen LogP contribution in [0.15, 0.2) is 21.2 Å². The Morgan fingerprint density at radius 1 is 1.54 bits per heavy atom. The number of ether oxygens (including phenoxy) is 1. The van der Waals surface area contributed by atoms with Gasteiger partial charge in [0, 0.05) is 13.7 Å². The quantitative estimate of drug-likeness (QED) is 0.783. The summed E-state index contributed by atoms with van der Waals surface area (Å²) >= 11 is 3.25. The van der Waals surface area contributed by atoms with Gasteiger partial charge in [0.15, 0.2) is 4.67 Å². The second-order valence-electron chi connectivity index (χ2n) is 2.73. The summed E-state index contributed by atoms with van der Waals surface area (Å²) in [7, 11) is 1.71. The summed E-state index contributed by atoms with van der Waals surface area (Å²) in [4.78, 5) is 0. The second-order valence-corrected chi connectivity index (χ2v) is 3.51. The van der Waals surface area contributed by atoms with Crippen molar-refractivity contribution < 1.29 is 9.15 Å². The van der Waals surface area contributed by atoms with Crippen LogP contribution >= 0.6 is 15.9 Å². The van der Waals surface area contributed by atoms with E-state index >= 15 is 0 Å². The van der Waals surface area contributed by atoms with E-state index < -0.39 is 0 Å². The monoisotopic (exact) mass is 247 g/mol. The smallest absolute Gasteiger partial charge is 0.169 e. The predicted octanol–water partition coefficient (Wildman–Crippen LogP) is 2.17. The molecule has 0 radical (unpaired) electrons. The Morgan fingerprint density at radius 3 is 3.00 bits per heavy atom. The van der Waals surface area contributed by atoms with Crippen molar-refractivity contribution in [3.8, 4) is 0 Å². The highest BCUT2D eigenvalue weighted by Crippen LogP contribution is 2.13. The number of furan rings is 1. The molecule has 0 fully saturated rings. The van der Waals surface area contributed by atoms with Crippen LogP contribution in [0.25, 0.3) is 0 Å². The van der Waals surface area contributed by atoms with E-state index in [4.69, 9.17) is 9.15 Å². The first-order chi connectivity index (χ1) is 6.33. The van der Waals surface area contributed by atoms with Gasteiger partial charge in [0.25, 0.3) is 0 Å². The maximum absolute atomic E-state index is 5.31. The third-order valence-corrected chi connectivity index (χ3v) is 2.06. The van der Waals surface area contributed by atoms with Gasteiger partial charge in [-0.25, -0.2) is 0 Å². The highest BCUT2D eigenvalue weighted by Gasteiger charge is 1.97. The lowest BCUT2D eigenvalue weighted by Gasteiger charge is -2.01. The van der Waals surface area contributed by atoms with Crippen molar-refractivity contribution in [3.05, 3.63) is 22.6 Å². The third kappa shape index (κ3) is 4.45.